The fourth-order valence-electron chi connectivity index (χ4n) is 1.88. The second-order valence-corrected chi connectivity index (χ2v) is 3.61. The normalized spacial score (nSPS) is 11.0. The third kappa shape index (κ3) is 1.16. The minimum Gasteiger partial charge on any atom is -0.360 e. The van der Waals surface area contributed by atoms with Gasteiger partial charge in [-0.15, -0.1) is 0 Å². The topological polar surface area (TPSA) is 33.6 Å². The van der Waals surface area contributed by atoms with E-state index in [9.17, 15) is 0 Å². The first-order valence-corrected chi connectivity index (χ1v) is 4.90. The first-order valence-electron chi connectivity index (χ1n) is 4.90. The zero-order valence-electron chi connectivity index (χ0n) is 8.44. The summed E-state index contributed by atoms with van der Waals surface area (Å²) in [5.41, 5.74) is 2.30. The maximum absolute atomic E-state index is 4.35. The Labute approximate surface area is 87.4 Å². The SMILES string of the molecule is Cn1ccnc1-c1c[nH]c2ccccc12. The number of aromatic amines is 1. The van der Waals surface area contributed by atoms with Crippen molar-refractivity contribution >= 4 is 10.9 Å². The van der Waals surface area contributed by atoms with Crippen molar-refractivity contribution in [2.75, 3.05) is 0 Å². The van der Waals surface area contributed by atoms with Crippen LogP contribution in [0.3, 0.4) is 0 Å². The third-order valence-corrected chi connectivity index (χ3v) is 2.65. The Balaban J connectivity index is 2.32. The molecule has 3 aromatic rings. The van der Waals surface area contributed by atoms with E-state index in [1.807, 2.05) is 42.3 Å². The Morgan fingerprint density at radius 3 is 2.93 bits per heavy atom. The van der Waals surface area contributed by atoms with Crippen LogP contribution in [-0.2, 0) is 7.05 Å². The Morgan fingerprint density at radius 1 is 1.27 bits per heavy atom. The number of hydrogen-bond acceptors (Lipinski definition) is 1. The van der Waals surface area contributed by atoms with Crippen LogP contribution in [0.4, 0.5) is 0 Å². The van der Waals surface area contributed by atoms with E-state index < -0.39 is 0 Å². The number of para-hydroxylation sites is 1. The molecule has 3 nitrogen and oxygen atoms in total. The number of fused-ring (bicyclic) bond motifs is 1. The molecular formula is C12H11N3. The van der Waals surface area contributed by atoms with Crippen LogP contribution in [0.15, 0.2) is 42.9 Å². The van der Waals surface area contributed by atoms with Crippen molar-refractivity contribution in [3.05, 3.63) is 42.9 Å². The number of H-pyrrole nitrogens is 1. The van der Waals surface area contributed by atoms with E-state index in [0.717, 1.165) is 16.9 Å². The van der Waals surface area contributed by atoms with Gasteiger partial charge in [0, 0.05) is 42.1 Å². The second-order valence-electron chi connectivity index (χ2n) is 3.61. The lowest BCUT2D eigenvalue weighted by Gasteiger charge is -1.98. The molecule has 15 heavy (non-hydrogen) atoms. The van der Waals surface area contributed by atoms with Gasteiger partial charge in [-0.1, -0.05) is 18.2 Å². The molecule has 0 aliphatic heterocycles. The van der Waals surface area contributed by atoms with E-state index in [-0.39, 0.29) is 0 Å². The molecule has 0 radical (unpaired) electrons. The van der Waals surface area contributed by atoms with Gasteiger partial charge in [0.2, 0.25) is 0 Å². The van der Waals surface area contributed by atoms with Gasteiger partial charge < -0.3 is 9.55 Å². The summed E-state index contributed by atoms with van der Waals surface area (Å²) in [5.74, 6) is 0.993. The van der Waals surface area contributed by atoms with Gasteiger partial charge in [0.25, 0.3) is 0 Å². The fourth-order valence-corrected chi connectivity index (χ4v) is 1.88. The van der Waals surface area contributed by atoms with Gasteiger partial charge in [-0.3, -0.25) is 0 Å². The number of nitrogens with one attached hydrogen (secondary N) is 1. The lowest BCUT2D eigenvalue weighted by Crippen LogP contribution is -1.89. The lowest BCUT2D eigenvalue weighted by molar-refractivity contribution is 0.926. The summed E-state index contributed by atoms with van der Waals surface area (Å²) < 4.78 is 2.02. The molecule has 3 heteroatoms. The van der Waals surface area contributed by atoms with Crippen molar-refractivity contribution in [3.8, 4) is 11.4 Å². The van der Waals surface area contributed by atoms with Crippen molar-refractivity contribution in [2.45, 2.75) is 0 Å². The summed E-state index contributed by atoms with van der Waals surface area (Å²) in [6.45, 7) is 0. The van der Waals surface area contributed by atoms with Crippen LogP contribution < -0.4 is 0 Å². The van der Waals surface area contributed by atoms with Crippen LogP contribution in [0.25, 0.3) is 22.3 Å². The smallest absolute Gasteiger partial charge is 0.141 e. The van der Waals surface area contributed by atoms with Crippen LogP contribution in [0.1, 0.15) is 0 Å². The highest BCUT2D eigenvalue weighted by Crippen LogP contribution is 2.26. The van der Waals surface area contributed by atoms with Gasteiger partial charge in [0.1, 0.15) is 5.82 Å². The minimum absolute atomic E-state index is 0.993. The second kappa shape index (κ2) is 2.98. The molecule has 2 heterocycles. The molecule has 0 amide bonds. The number of aryl methyl sites for hydroxylation is 1. The first-order chi connectivity index (χ1) is 7.36. The van der Waals surface area contributed by atoms with E-state index in [2.05, 4.69) is 22.1 Å². The number of hydrogen-bond donors (Lipinski definition) is 1. The average molecular weight is 197 g/mol. The van der Waals surface area contributed by atoms with Gasteiger partial charge in [0.05, 0.1) is 0 Å². The van der Waals surface area contributed by atoms with E-state index in [4.69, 9.17) is 0 Å². The molecule has 0 saturated heterocycles. The van der Waals surface area contributed by atoms with Crippen molar-refractivity contribution in [3.63, 3.8) is 0 Å². The fraction of sp³-hybridized carbons (Fsp3) is 0.0833. The molecule has 1 aromatic carbocycles. The molecule has 0 aliphatic carbocycles. The number of benzene rings is 1. The maximum Gasteiger partial charge on any atom is 0.141 e. The summed E-state index contributed by atoms with van der Waals surface area (Å²) in [6, 6.07) is 8.25. The van der Waals surface area contributed by atoms with Gasteiger partial charge >= 0.3 is 0 Å². The number of nitrogens with zero attached hydrogens (tertiary/aromatic N) is 2. The van der Waals surface area contributed by atoms with Crippen LogP contribution in [-0.4, -0.2) is 14.5 Å². The van der Waals surface area contributed by atoms with E-state index in [1.54, 1.807) is 0 Å². The molecule has 0 atom stereocenters. The molecular weight excluding hydrogens is 186 g/mol. The van der Waals surface area contributed by atoms with Gasteiger partial charge in [-0.2, -0.15) is 0 Å². The molecule has 2 aromatic heterocycles. The van der Waals surface area contributed by atoms with E-state index >= 15 is 0 Å². The predicted octanol–water partition coefficient (Wildman–Crippen LogP) is 2.57. The predicted molar refractivity (Wildman–Crippen MR) is 60.5 cm³/mol. The Morgan fingerprint density at radius 2 is 2.13 bits per heavy atom. The molecule has 0 saturated carbocycles. The zero-order chi connectivity index (χ0) is 10.3. The molecule has 0 unspecified atom stereocenters. The molecule has 0 aliphatic rings. The van der Waals surface area contributed by atoms with Crippen LogP contribution >= 0.6 is 0 Å². The Bertz CT molecular complexity index is 604. The van der Waals surface area contributed by atoms with Crippen molar-refractivity contribution in [2.24, 2.45) is 7.05 Å². The van der Waals surface area contributed by atoms with Crippen LogP contribution in [0, 0.1) is 0 Å². The monoisotopic (exact) mass is 197 g/mol. The number of aromatic nitrogens is 3. The highest BCUT2D eigenvalue weighted by Gasteiger charge is 2.08. The molecule has 3 rings (SSSR count). The zero-order valence-corrected chi connectivity index (χ0v) is 8.44. The van der Waals surface area contributed by atoms with Crippen molar-refractivity contribution in [1.29, 1.82) is 0 Å². The lowest BCUT2D eigenvalue weighted by atomic mass is 10.1. The van der Waals surface area contributed by atoms with Crippen LogP contribution in [0.2, 0.25) is 0 Å². The highest BCUT2D eigenvalue weighted by atomic mass is 15.0. The molecule has 0 fully saturated rings. The summed E-state index contributed by atoms with van der Waals surface area (Å²) in [5, 5.41) is 1.21. The summed E-state index contributed by atoms with van der Waals surface area (Å²) in [7, 11) is 2.00. The van der Waals surface area contributed by atoms with Gasteiger partial charge in [0.15, 0.2) is 0 Å². The quantitative estimate of drug-likeness (QED) is 0.639. The summed E-state index contributed by atoms with van der Waals surface area (Å²) in [4.78, 5) is 7.60. The maximum atomic E-state index is 4.35. The average Bonchev–Trinajstić information content (AvgIpc) is 2.83. The van der Waals surface area contributed by atoms with E-state index in [0.29, 0.717) is 0 Å². The number of rotatable bonds is 1. The van der Waals surface area contributed by atoms with Crippen LogP contribution in [0.5, 0.6) is 0 Å². The van der Waals surface area contributed by atoms with Gasteiger partial charge in [-0.05, 0) is 6.07 Å². The van der Waals surface area contributed by atoms with E-state index in [1.165, 1.54) is 5.39 Å². The Hall–Kier alpha value is -2.03. The Kier molecular flexibility index (Phi) is 1.65. The molecule has 0 bridgehead atoms. The van der Waals surface area contributed by atoms with Gasteiger partial charge in [-0.25, -0.2) is 4.98 Å². The highest BCUT2D eigenvalue weighted by molar-refractivity contribution is 5.93. The molecule has 74 valence electrons. The van der Waals surface area contributed by atoms with Crippen molar-refractivity contribution < 1.29 is 0 Å². The summed E-state index contributed by atoms with van der Waals surface area (Å²) in [6.07, 6.45) is 5.78. The standard InChI is InChI=1S/C12H11N3/c1-15-7-6-13-12(15)10-8-14-11-5-3-2-4-9(10)11/h2-8,14H,1H3. The summed E-state index contributed by atoms with van der Waals surface area (Å²) >= 11 is 0. The number of imidazole rings is 1. The molecule has 1 N–H and O–H groups in total. The third-order valence-electron chi connectivity index (χ3n) is 2.65. The largest absolute Gasteiger partial charge is 0.360 e. The molecule has 0 spiro atoms. The minimum atomic E-state index is 0.993. The first kappa shape index (κ1) is 8.29. The van der Waals surface area contributed by atoms with Crippen molar-refractivity contribution in [1.82, 2.24) is 14.5 Å².